The van der Waals surface area contributed by atoms with Gasteiger partial charge in [0.05, 0.1) is 23.8 Å². The van der Waals surface area contributed by atoms with Gasteiger partial charge in [0.25, 0.3) is 0 Å². The van der Waals surface area contributed by atoms with Gasteiger partial charge in [-0.2, -0.15) is 10.1 Å². The quantitative estimate of drug-likeness (QED) is 0.432. The predicted octanol–water partition coefficient (Wildman–Crippen LogP) is 6.22. The van der Waals surface area contributed by atoms with Crippen LogP contribution >= 0.6 is 11.8 Å². The Morgan fingerprint density at radius 2 is 1.71 bits per heavy atom. The summed E-state index contributed by atoms with van der Waals surface area (Å²) in [6.45, 7) is 0. The molecule has 7 heteroatoms. The van der Waals surface area contributed by atoms with E-state index in [4.69, 9.17) is 9.84 Å². The molecule has 2 aliphatic heterocycles. The van der Waals surface area contributed by atoms with E-state index in [-0.39, 0.29) is 11.3 Å². The lowest BCUT2D eigenvalue weighted by molar-refractivity contribution is 0.267. The zero-order valence-corrected chi connectivity index (χ0v) is 20.7. The van der Waals surface area contributed by atoms with Crippen molar-refractivity contribution in [2.75, 3.05) is 26.1 Å². The normalized spacial score (nSPS) is 18.6. The molecule has 2 heterocycles. The fourth-order valence-electron chi connectivity index (χ4n) is 4.18. The number of carbonyl (C=O) groups is 1. The summed E-state index contributed by atoms with van der Waals surface area (Å²) in [4.78, 5) is 19.7. The molecular formula is C28H26N4O2S. The number of hydrogen-bond donors (Lipinski definition) is 0. The summed E-state index contributed by atoms with van der Waals surface area (Å²) in [5.41, 5.74) is 5.24. The van der Waals surface area contributed by atoms with Crippen LogP contribution in [0.5, 0.6) is 5.75 Å². The van der Waals surface area contributed by atoms with Crippen LogP contribution in [0.25, 0.3) is 6.08 Å². The largest absolute Gasteiger partial charge is 0.497 e. The number of carbonyl (C=O) groups excluding carboxylic acids is 1. The molecule has 35 heavy (non-hydrogen) atoms. The van der Waals surface area contributed by atoms with Gasteiger partial charge in [0, 0.05) is 26.2 Å². The number of nitrogens with zero attached hydrogens (tertiary/aromatic N) is 4. The molecule has 6 nitrogen and oxygen atoms in total. The minimum absolute atomic E-state index is 0.0825. The summed E-state index contributed by atoms with van der Waals surface area (Å²) in [6, 6.07) is 26.3. The molecule has 1 amide bonds. The van der Waals surface area contributed by atoms with Crippen molar-refractivity contribution in [3.8, 4) is 5.75 Å². The highest BCUT2D eigenvalue weighted by Crippen LogP contribution is 2.40. The van der Waals surface area contributed by atoms with E-state index in [2.05, 4.69) is 34.2 Å². The van der Waals surface area contributed by atoms with Gasteiger partial charge in [-0.25, -0.2) is 5.01 Å². The molecule has 0 saturated heterocycles. The molecule has 0 fully saturated rings. The van der Waals surface area contributed by atoms with Gasteiger partial charge in [-0.3, -0.25) is 4.79 Å². The van der Waals surface area contributed by atoms with E-state index in [1.54, 1.807) is 7.11 Å². The molecule has 5 rings (SSSR count). The Kier molecular flexibility index (Phi) is 6.42. The average molecular weight is 483 g/mol. The number of methoxy groups -OCH3 is 1. The van der Waals surface area contributed by atoms with Crippen LogP contribution in [0, 0.1) is 0 Å². The van der Waals surface area contributed by atoms with E-state index >= 15 is 0 Å². The monoisotopic (exact) mass is 482 g/mol. The second-order valence-corrected chi connectivity index (χ2v) is 9.54. The Labute approximate surface area is 209 Å². The van der Waals surface area contributed by atoms with Crippen molar-refractivity contribution < 1.29 is 9.53 Å². The van der Waals surface area contributed by atoms with Crippen molar-refractivity contribution >= 4 is 40.3 Å². The summed E-state index contributed by atoms with van der Waals surface area (Å²) in [7, 11) is 5.68. The minimum atomic E-state index is -0.229. The number of thioether (sulfide) groups is 1. The highest BCUT2D eigenvalue weighted by atomic mass is 32.2. The van der Waals surface area contributed by atoms with Crippen molar-refractivity contribution in [1.82, 2.24) is 5.01 Å². The molecule has 0 aromatic heterocycles. The van der Waals surface area contributed by atoms with Gasteiger partial charge in [-0.15, -0.1) is 0 Å². The second kappa shape index (κ2) is 9.80. The molecule has 2 aliphatic rings. The number of hydrogen-bond acceptors (Lipinski definition) is 6. The highest BCUT2D eigenvalue weighted by molar-refractivity contribution is 8.18. The third kappa shape index (κ3) is 4.86. The van der Waals surface area contributed by atoms with E-state index in [0.717, 1.165) is 50.5 Å². The Bertz CT molecular complexity index is 1310. The Hall–Kier alpha value is -3.84. The van der Waals surface area contributed by atoms with Crippen molar-refractivity contribution in [2.45, 2.75) is 12.5 Å². The van der Waals surface area contributed by atoms with Crippen LogP contribution in [0.15, 0.2) is 93.9 Å². The maximum Gasteiger partial charge on any atom is 0.311 e. The SMILES string of the molecule is COc1ccc([C@H]2CC(c3ccccc3)=NN2C2=NC(=O)S/C2=C\c2ccc(N(C)C)cc2)cc1. The number of amidine groups is 1. The fourth-order valence-corrected chi connectivity index (χ4v) is 4.92. The Morgan fingerprint density at radius 3 is 2.37 bits per heavy atom. The van der Waals surface area contributed by atoms with Crippen LogP contribution in [0.1, 0.15) is 29.2 Å². The number of hydrazone groups is 1. The van der Waals surface area contributed by atoms with Gasteiger partial charge in [-0.1, -0.05) is 54.6 Å². The third-order valence-electron chi connectivity index (χ3n) is 6.06. The second-order valence-electron chi connectivity index (χ2n) is 8.55. The molecular weight excluding hydrogens is 456 g/mol. The molecule has 176 valence electrons. The van der Waals surface area contributed by atoms with E-state index in [1.807, 2.05) is 79.8 Å². The number of amides is 1. The molecule has 0 saturated carbocycles. The van der Waals surface area contributed by atoms with Gasteiger partial charge < -0.3 is 9.64 Å². The van der Waals surface area contributed by atoms with Crippen molar-refractivity contribution in [1.29, 1.82) is 0 Å². The van der Waals surface area contributed by atoms with Gasteiger partial charge in [-0.05, 0) is 58.8 Å². The number of anilines is 1. The first kappa shape index (κ1) is 22.9. The van der Waals surface area contributed by atoms with Crippen LogP contribution in [-0.2, 0) is 0 Å². The van der Waals surface area contributed by atoms with Crippen LogP contribution < -0.4 is 9.64 Å². The van der Waals surface area contributed by atoms with Crippen LogP contribution in [-0.4, -0.2) is 43.0 Å². The lowest BCUT2D eigenvalue weighted by Gasteiger charge is -2.24. The number of rotatable bonds is 5. The minimum Gasteiger partial charge on any atom is -0.497 e. The molecule has 0 N–H and O–H groups in total. The molecule has 3 aromatic rings. The van der Waals surface area contributed by atoms with E-state index < -0.39 is 0 Å². The maximum atomic E-state index is 12.5. The number of aliphatic imine (C=N–C) groups is 1. The van der Waals surface area contributed by atoms with Crippen molar-refractivity contribution in [3.63, 3.8) is 0 Å². The van der Waals surface area contributed by atoms with Crippen molar-refractivity contribution in [3.05, 3.63) is 100 Å². The third-order valence-corrected chi connectivity index (χ3v) is 6.84. The summed E-state index contributed by atoms with van der Waals surface area (Å²) in [5, 5.41) is 6.66. The molecule has 0 radical (unpaired) electrons. The molecule has 0 spiro atoms. The molecule has 1 atom stereocenters. The smallest absolute Gasteiger partial charge is 0.311 e. The highest BCUT2D eigenvalue weighted by Gasteiger charge is 2.36. The number of ether oxygens (including phenoxy) is 1. The standard InChI is InChI=1S/C28H26N4O2S/c1-31(2)22-13-9-19(10-14-22)17-26-27(29-28(33)35-26)32-25(21-11-15-23(34-3)16-12-21)18-24(30-32)20-7-5-4-6-8-20/h4-17,25H,18H2,1-3H3/b26-17-/t25-/m1/s1. The van der Waals surface area contributed by atoms with E-state index in [0.29, 0.717) is 12.3 Å². The molecule has 0 aliphatic carbocycles. The first-order valence-electron chi connectivity index (χ1n) is 11.4. The lowest BCUT2D eigenvalue weighted by atomic mass is 9.98. The summed E-state index contributed by atoms with van der Waals surface area (Å²) in [5.74, 6) is 1.39. The average Bonchev–Trinajstić information content (AvgIpc) is 3.48. The van der Waals surface area contributed by atoms with E-state index in [9.17, 15) is 4.79 Å². The van der Waals surface area contributed by atoms with Gasteiger partial charge in [0.2, 0.25) is 0 Å². The summed E-state index contributed by atoms with van der Waals surface area (Å²) < 4.78 is 5.34. The van der Waals surface area contributed by atoms with Crippen LogP contribution in [0.3, 0.4) is 0 Å². The summed E-state index contributed by atoms with van der Waals surface area (Å²) >= 11 is 1.14. The number of benzene rings is 3. The Balaban J connectivity index is 1.53. The molecule has 0 unspecified atom stereocenters. The van der Waals surface area contributed by atoms with Gasteiger partial charge >= 0.3 is 5.24 Å². The molecule has 0 bridgehead atoms. The van der Waals surface area contributed by atoms with Crippen LogP contribution in [0.4, 0.5) is 10.5 Å². The van der Waals surface area contributed by atoms with E-state index in [1.165, 1.54) is 0 Å². The maximum absolute atomic E-state index is 12.5. The lowest BCUT2D eigenvalue weighted by Crippen LogP contribution is -2.26. The first-order valence-corrected chi connectivity index (χ1v) is 12.2. The van der Waals surface area contributed by atoms with Gasteiger partial charge in [0.1, 0.15) is 5.75 Å². The topological polar surface area (TPSA) is 57.5 Å². The van der Waals surface area contributed by atoms with Crippen molar-refractivity contribution in [2.24, 2.45) is 10.1 Å². The predicted molar refractivity (Wildman–Crippen MR) is 144 cm³/mol. The summed E-state index contributed by atoms with van der Waals surface area (Å²) in [6.07, 6.45) is 2.72. The van der Waals surface area contributed by atoms with Crippen LogP contribution in [0.2, 0.25) is 0 Å². The fraction of sp³-hybridized carbons (Fsp3) is 0.179. The molecule has 3 aromatic carbocycles. The first-order chi connectivity index (χ1) is 17.0. The Morgan fingerprint density at radius 1 is 1.00 bits per heavy atom. The van der Waals surface area contributed by atoms with Gasteiger partial charge in [0.15, 0.2) is 5.84 Å². The zero-order valence-electron chi connectivity index (χ0n) is 19.9. The zero-order chi connectivity index (χ0) is 24.4.